The first-order valence-corrected chi connectivity index (χ1v) is 10.4. The summed E-state index contributed by atoms with van der Waals surface area (Å²) >= 11 is 6.22. The van der Waals surface area contributed by atoms with Gasteiger partial charge in [-0.05, 0) is 37.2 Å². The zero-order valence-corrected chi connectivity index (χ0v) is 18.2. The van der Waals surface area contributed by atoms with Crippen LogP contribution in [0.4, 0.5) is 27.5 Å². The number of benzene rings is 1. The fraction of sp³-hybridized carbons (Fsp3) is 0.381. The summed E-state index contributed by atoms with van der Waals surface area (Å²) in [7, 11) is 1.48. The number of anilines is 4. The number of nitrogens with one attached hydrogen (secondary N) is 2. The van der Waals surface area contributed by atoms with Gasteiger partial charge in [0.25, 0.3) is 0 Å². The number of halogens is 2. The van der Waals surface area contributed by atoms with Crippen molar-refractivity contribution in [3.8, 4) is 0 Å². The van der Waals surface area contributed by atoms with Crippen LogP contribution in [0.2, 0.25) is 5.02 Å². The second-order valence-corrected chi connectivity index (χ2v) is 7.42. The van der Waals surface area contributed by atoms with Gasteiger partial charge in [0, 0.05) is 32.4 Å². The van der Waals surface area contributed by atoms with E-state index in [4.69, 9.17) is 16.3 Å². The molecule has 1 saturated heterocycles. The molecule has 1 aromatic heterocycles. The molecular formula is C21H26ClFN6O2. The van der Waals surface area contributed by atoms with E-state index in [9.17, 15) is 9.18 Å². The molecule has 3 rings (SSSR count). The molecule has 2 N–H and O–H groups in total. The number of hydrogen-bond donors (Lipinski definition) is 2. The predicted molar refractivity (Wildman–Crippen MR) is 121 cm³/mol. The third kappa shape index (κ3) is 6.36. The maximum atomic E-state index is 14.2. The maximum Gasteiger partial charge on any atom is 0.250 e. The third-order valence-corrected chi connectivity index (χ3v) is 5.14. The number of nitrogens with zero attached hydrogens (tertiary/aromatic N) is 4. The van der Waals surface area contributed by atoms with E-state index >= 15 is 0 Å². The molecule has 0 saturated carbocycles. The van der Waals surface area contributed by atoms with Gasteiger partial charge in [0.15, 0.2) is 0 Å². The van der Waals surface area contributed by atoms with Crippen molar-refractivity contribution < 1.29 is 13.9 Å². The number of aromatic nitrogens is 2. The lowest BCUT2D eigenvalue weighted by molar-refractivity contribution is -0.113. The molecule has 31 heavy (non-hydrogen) atoms. The van der Waals surface area contributed by atoms with Gasteiger partial charge in [-0.1, -0.05) is 18.2 Å². The largest absolute Gasteiger partial charge is 0.379 e. The van der Waals surface area contributed by atoms with E-state index in [-0.39, 0.29) is 5.69 Å². The smallest absolute Gasteiger partial charge is 0.250 e. The van der Waals surface area contributed by atoms with Crippen molar-refractivity contribution in [3.05, 3.63) is 47.9 Å². The lowest BCUT2D eigenvalue weighted by atomic mass is 10.2. The average molecular weight is 449 g/mol. The van der Waals surface area contributed by atoms with Crippen LogP contribution >= 0.6 is 11.6 Å². The molecule has 1 aliphatic rings. The summed E-state index contributed by atoms with van der Waals surface area (Å²) in [6.45, 7) is 8.58. The Balaban J connectivity index is 1.62. The van der Waals surface area contributed by atoms with Crippen molar-refractivity contribution in [2.75, 3.05) is 62.0 Å². The van der Waals surface area contributed by atoms with Gasteiger partial charge in [-0.25, -0.2) is 9.37 Å². The van der Waals surface area contributed by atoms with Crippen molar-refractivity contribution in [3.63, 3.8) is 0 Å². The molecule has 8 nitrogen and oxygen atoms in total. The topological polar surface area (TPSA) is 82.6 Å². The maximum absolute atomic E-state index is 14.2. The van der Waals surface area contributed by atoms with E-state index in [1.54, 1.807) is 6.07 Å². The summed E-state index contributed by atoms with van der Waals surface area (Å²) in [6, 6.07) is 4.31. The van der Waals surface area contributed by atoms with Crippen LogP contribution in [0.1, 0.15) is 6.42 Å². The molecule has 0 atom stereocenters. The predicted octanol–water partition coefficient (Wildman–Crippen LogP) is 3.30. The molecule has 1 fully saturated rings. The number of likely N-dealkylation sites (N-methyl/N-ethyl adjacent to an activating group) is 1. The Morgan fingerprint density at radius 1 is 1.42 bits per heavy atom. The Kier molecular flexibility index (Phi) is 8.16. The molecule has 2 aromatic rings. The van der Waals surface area contributed by atoms with Gasteiger partial charge in [-0.2, -0.15) is 4.98 Å². The summed E-state index contributed by atoms with van der Waals surface area (Å²) in [4.78, 5) is 23.9. The molecule has 10 heteroatoms. The van der Waals surface area contributed by atoms with E-state index in [0.717, 1.165) is 45.3 Å². The highest BCUT2D eigenvalue weighted by Crippen LogP contribution is 2.26. The van der Waals surface area contributed by atoms with Crippen molar-refractivity contribution >= 4 is 40.6 Å². The zero-order chi connectivity index (χ0) is 22.2. The first kappa shape index (κ1) is 22.9. The number of rotatable bonds is 9. The Morgan fingerprint density at radius 3 is 2.94 bits per heavy atom. The van der Waals surface area contributed by atoms with Crippen LogP contribution in [0, 0.1) is 5.82 Å². The minimum absolute atomic E-state index is 0.116. The van der Waals surface area contributed by atoms with Gasteiger partial charge in [0.2, 0.25) is 11.9 Å². The van der Waals surface area contributed by atoms with Gasteiger partial charge in [-0.15, -0.1) is 0 Å². The SMILES string of the molecule is C=CC(=O)N(C)c1cc(Nc2ncc(Cl)c(NCCCN3CCOCC3)n2)ccc1F. The van der Waals surface area contributed by atoms with Crippen molar-refractivity contribution in [1.29, 1.82) is 0 Å². The molecule has 1 aliphatic heterocycles. The van der Waals surface area contributed by atoms with Crippen LogP contribution in [0.15, 0.2) is 37.1 Å². The van der Waals surface area contributed by atoms with Gasteiger partial charge in [0.05, 0.1) is 25.1 Å². The summed E-state index contributed by atoms with van der Waals surface area (Å²) in [5, 5.41) is 6.66. The molecule has 0 radical (unpaired) electrons. The van der Waals surface area contributed by atoms with Crippen LogP contribution in [-0.4, -0.2) is 67.2 Å². The number of morpholine rings is 1. The van der Waals surface area contributed by atoms with Crippen molar-refractivity contribution in [1.82, 2.24) is 14.9 Å². The third-order valence-electron chi connectivity index (χ3n) is 4.86. The summed E-state index contributed by atoms with van der Waals surface area (Å²) in [5.41, 5.74) is 0.644. The Bertz CT molecular complexity index is 923. The van der Waals surface area contributed by atoms with Gasteiger partial charge in [0.1, 0.15) is 16.7 Å². The van der Waals surface area contributed by atoms with E-state index in [1.807, 2.05) is 0 Å². The highest BCUT2D eigenvalue weighted by atomic mass is 35.5. The van der Waals surface area contributed by atoms with Gasteiger partial charge in [-0.3, -0.25) is 9.69 Å². The van der Waals surface area contributed by atoms with Crippen molar-refractivity contribution in [2.45, 2.75) is 6.42 Å². The number of hydrogen-bond acceptors (Lipinski definition) is 7. The summed E-state index contributed by atoms with van der Waals surface area (Å²) < 4.78 is 19.5. The second kappa shape index (κ2) is 11.0. The van der Waals surface area contributed by atoms with E-state index in [2.05, 4.69) is 32.1 Å². The summed E-state index contributed by atoms with van der Waals surface area (Å²) in [5.74, 6) is -0.122. The minimum atomic E-state index is -0.525. The Morgan fingerprint density at radius 2 is 2.19 bits per heavy atom. The van der Waals surface area contributed by atoms with Crippen LogP contribution < -0.4 is 15.5 Å². The quantitative estimate of drug-likeness (QED) is 0.450. The van der Waals surface area contributed by atoms with Gasteiger partial charge < -0.3 is 20.3 Å². The number of carbonyl (C=O) groups is 1. The van der Waals surface area contributed by atoms with E-state index in [0.29, 0.717) is 29.0 Å². The normalized spacial score (nSPS) is 14.2. The molecule has 0 bridgehead atoms. The monoisotopic (exact) mass is 448 g/mol. The number of carbonyl (C=O) groups excluding carboxylic acids is 1. The van der Waals surface area contributed by atoms with Crippen LogP contribution in [0.3, 0.4) is 0 Å². The fourth-order valence-electron chi connectivity index (χ4n) is 3.12. The van der Waals surface area contributed by atoms with Gasteiger partial charge >= 0.3 is 0 Å². The van der Waals surface area contributed by atoms with Crippen LogP contribution in [0.25, 0.3) is 0 Å². The lowest BCUT2D eigenvalue weighted by Gasteiger charge is -2.26. The minimum Gasteiger partial charge on any atom is -0.379 e. The highest BCUT2D eigenvalue weighted by Gasteiger charge is 2.14. The first-order valence-electron chi connectivity index (χ1n) is 10.0. The van der Waals surface area contributed by atoms with E-state index < -0.39 is 11.7 Å². The molecular weight excluding hydrogens is 423 g/mol. The zero-order valence-electron chi connectivity index (χ0n) is 17.4. The van der Waals surface area contributed by atoms with E-state index in [1.165, 1.54) is 30.3 Å². The highest BCUT2D eigenvalue weighted by molar-refractivity contribution is 6.32. The average Bonchev–Trinajstić information content (AvgIpc) is 2.79. The van der Waals surface area contributed by atoms with Crippen LogP contribution in [0.5, 0.6) is 0 Å². The Labute approximate surface area is 186 Å². The van der Waals surface area contributed by atoms with Crippen LogP contribution in [-0.2, 0) is 9.53 Å². The molecule has 0 unspecified atom stereocenters. The molecule has 0 aliphatic carbocycles. The number of ether oxygens (including phenoxy) is 1. The molecule has 0 spiro atoms. The molecule has 1 aromatic carbocycles. The number of amides is 1. The lowest BCUT2D eigenvalue weighted by Crippen LogP contribution is -2.37. The standard InChI is InChI=1S/C21H26ClFN6O2/c1-3-19(30)28(2)18-13-15(5-6-17(18)23)26-21-25-14-16(22)20(27-21)24-7-4-8-29-9-11-31-12-10-29/h3,5-6,13-14H,1,4,7-12H2,2H3,(H2,24,25,26,27). The molecule has 166 valence electrons. The summed E-state index contributed by atoms with van der Waals surface area (Å²) in [6.07, 6.45) is 3.56. The second-order valence-electron chi connectivity index (χ2n) is 7.02. The fourth-order valence-corrected chi connectivity index (χ4v) is 3.28. The van der Waals surface area contributed by atoms with Crippen molar-refractivity contribution in [2.24, 2.45) is 0 Å². The molecule has 2 heterocycles. The Hall–Kier alpha value is -2.75. The molecule has 1 amide bonds. The first-order chi connectivity index (χ1) is 15.0.